The Balaban J connectivity index is 1.66. The summed E-state index contributed by atoms with van der Waals surface area (Å²) in [6, 6.07) is 4.31. The Bertz CT molecular complexity index is 671. The third-order valence-electron chi connectivity index (χ3n) is 3.72. The van der Waals surface area contributed by atoms with E-state index in [0.717, 1.165) is 30.5 Å². The van der Waals surface area contributed by atoms with Gasteiger partial charge in [-0.25, -0.2) is 4.39 Å². The van der Waals surface area contributed by atoms with Gasteiger partial charge in [-0.2, -0.15) is 5.10 Å². The van der Waals surface area contributed by atoms with Gasteiger partial charge in [-0.1, -0.05) is 17.7 Å². The Morgan fingerprint density at radius 2 is 2.38 bits per heavy atom. The summed E-state index contributed by atoms with van der Waals surface area (Å²) in [7, 11) is 0. The van der Waals surface area contributed by atoms with Crippen LogP contribution >= 0.6 is 11.6 Å². The number of halogens is 2. The first-order valence-corrected chi connectivity index (χ1v) is 7.26. The Labute approximate surface area is 126 Å². The van der Waals surface area contributed by atoms with Gasteiger partial charge in [0.2, 0.25) is 5.91 Å². The van der Waals surface area contributed by atoms with Gasteiger partial charge in [0.25, 0.3) is 0 Å². The lowest BCUT2D eigenvalue weighted by Crippen LogP contribution is -2.32. The van der Waals surface area contributed by atoms with Gasteiger partial charge in [0.15, 0.2) is 0 Å². The minimum Gasteiger partial charge on any atom is -0.347 e. The first-order valence-electron chi connectivity index (χ1n) is 6.89. The van der Waals surface area contributed by atoms with Gasteiger partial charge in [-0.3, -0.25) is 9.89 Å². The number of carbonyl (C=O) groups is 1. The van der Waals surface area contributed by atoms with Crippen molar-refractivity contribution in [3.05, 3.63) is 52.1 Å². The van der Waals surface area contributed by atoms with Crippen LogP contribution in [0.5, 0.6) is 0 Å². The number of nitrogens with one attached hydrogen (secondary N) is 2. The maximum atomic E-state index is 13.1. The zero-order valence-corrected chi connectivity index (χ0v) is 12.1. The lowest BCUT2D eigenvalue weighted by Gasteiger charge is -2.22. The van der Waals surface area contributed by atoms with E-state index in [-0.39, 0.29) is 23.4 Å². The van der Waals surface area contributed by atoms with Crippen LogP contribution in [0.25, 0.3) is 0 Å². The van der Waals surface area contributed by atoms with Crippen molar-refractivity contribution in [2.24, 2.45) is 0 Å². The molecule has 0 aliphatic heterocycles. The van der Waals surface area contributed by atoms with Crippen LogP contribution in [0.1, 0.15) is 35.7 Å². The van der Waals surface area contributed by atoms with Crippen LogP contribution < -0.4 is 5.32 Å². The summed E-state index contributed by atoms with van der Waals surface area (Å²) in [5.41, 5.74) is 2.85. The van der Waals surface area contributed by atoms with E-state index in [2.05, 4.69) is 15.5 Å². The van der Waals surface area contributed by atoms with Crippen molar-refractivity contribution in [1.82, 2.24) is 15.5 Å². The quantitative estimate of drug-likeness (QED) is 0.916. The lowest BCUT2D eigenvalue weighted by molar-refractivity contribution is -0.121. The number of aryl methyl sites for hydroxylation is 1. The van der Waals surface area contributed by atoms with Gasteiger partial charge in [0, 0.05) is 0 Å². The zero-order valence-electron chi connectivity index (χ0n) is 11.3. The van der Waals surface area contributed by atoms with Gasteiger partial charge in [-0.15, -0.1) is 0 Å². The minimum atomic E-state index is -0.477. The summed E-state index contributed by atoms with van der Waals surface area (Å²) in [5, 5.41) is 10.0. The first kappa shape index (κ1) is 14.1. The van der Waals surface area contributed by atoms with Gasteiger partial charge < -0.3 is 5.32 Å². The molecule has 0 radical (unpaired) electrons. The number of amides is 1. The average molecular weight is 308 g/mol. The number of rotatable bonds is 3. The highest BCUT2D eigenvalue weighted by Gasteiger charge is 2.23. The molecule has 1 aromatic heterocycles. The van der Waals surface area contributed by atoms with Crippen LogP contribution in [0.15, 0.2) is 24.4 Å². The number of benzene rings is 1. The second kappa shape index (κ2) is 5.85. The summed E-state index contributed by atoms with van der Waals surface area (Å²) in [4.78, 5) is 12.1. The van der Waals surface area contributed by atoms with E-state index in [1.165, 1.54) is 12.1 Å². The maximum Gasteiger partial charge on any atom is 0.224 e. The number of carbonyl (C=O) groups excluding carboxylic acids is 1. The lowest BCUT2D eigenvalue weighted by atomic mass is 9.93. The van der Waals surface area contributed by atoms with Crippen LogP contribution in [0.4, 0.5) is 4.39 Å². The normalized spacial score (nSPS) is 17.3. The molecule has 110 valence electrons. The molecule has 1 atom stereocenters. The van der Waals surface area contributed by atoms with Gasteiger partial charge in [0.1, 0.15) is 5.82 Å². The number of nitrogens with zero attached hydrogens (tertiary/aromatic N) is 1. The SMILES string of the molecule is O=C(Cc1ccc(F)c(Cl)c1)NC1CCCc2cn[nH]c21. The van der Waals surface area contributed by atoms with Crippen molar-refractivity contribution in [2.75, 3.05) is 0 Å². The smallest absolute Gasteiger partial charge is 0.224 e. The number of H-pyrrole nitrogens is 1. The number of aromatic amines is 1. The van der Waals surface area contributed by atoms with E-state index in [1.807, 2.05) is 6.20 Å². The van der Waals surface area contributed by atoms with E-state index >= 15 is 0 Å². The minimum absolute atomic E-state index is 0.0281. The van der Waals surface area contributed by atoms with E-state index < -0.39 is 5.82 Å². The summed E-state index contributed by atoms with van der Waals surface area (Å²) >= 11 is 5.72. The molecule has 1 aliphatic rings. The third kappa shape index (κ3) is 3.08. The highest BCUT2D eigenvalue weighted by Crippen LogP contribution is 2.27. The molecule has 1 unspecified atom stereocenters. The number of hydrogen-bond donors (Lipinski definition) is 2. The van der Waals surface area contributed by atoms with Crippen molar-refractivity contribution >= 4 is 17.5 Å². The molecule has 6 heteroatoms. The van der Waals surface area contributed by atoms with Crippen molar-refractivity contribution in [3.63, 3.8) is 0 Å². The van der Waals surface area contributed by atoms with Crippen molar-refractivity contribution in [2.45, 2.75) is 31.7 Å². The topological polar surface area (TPSA) is 57.8 Å². The van der Waals surface area contributed by atoms with Crippen molar-refractivity contribution < 1.29 is 9.18 Å². The van der Waals surface area contributed by atoms with Crippen LogP contribution in [-0.2, 0) is 17.6 Å². The van der Waals surface area contributed by atoms with Gasteiger partial charge in [-0.05, 0) is 42.5 Å². The van der Waals surface area contributed by atoms with Crippen LogP contribution in [0, 0.1) is 5.82 Å². The highest BCUT2D eigenvalue weighted by atomic mass is 35.5. The van der Waals surface area contributed by atoms with E-state index in [0.29, 0.717) is 5.56 Å². The molecule has 1 aromatic carbocycles. The second-order valence-corrected chi connectivity index (χ2v) is 5.65. The fourth-order valence-electron chi connectivity index (χ4n) is 2.69. The maximum absolute atomic E-state index is 13.1. The van der Waals surface area contributed by atoms with E-state index in [9.17, 15) is 9.18 Å². The van der Waals surface area contributed by atoms with Crippen molar-refractivity contribution in [1.29, 1.82) is 0 Å². The summed E-state index contributed by atoms with van der Waals surface area (Å²) in [6.45, 7) is 0. The molecule has 0 fully saturated rings. The van der Waals surface area contributed by atoms with Crippen LogP contribution in [0.3, 0.4) is 0 Å². The Morgan fingerprint density at radius 1 is 1.52 bits per heavy atom. The molecule has 0 bridgehead atoms. The molecular weight excluding hydrogens is 293 g/mol. The second-order valence-electron chi connectivity index (χ2n) is 5.25. The van der Waals surface area contributed by atoms with Gasteiger partial charge in [0.05, 0.1) is 29.4 Å². The molecule has 1 amide bonds. The molecular formula is C15H15ClFN3O. The molecule has 4 nitrogen and oxygen atoms in total. The van der Waals surface area contributed by atoms with E-state index in [4.69, 9.17) is 11.6 Å². The molecule has 2 N–H and O–H groups in total. The van der Waals surface area contributed by atoms with E-state index in [1.54, 1.807) is 6.07 Å². The highest BCUT2D eigenvalue weighted by molar-refractivity contribution is 6.30. The molecule has 0 saturated carbocycles. The molecule has 1 heterocycles. The molecule has 0 spiro atoms. The van der Waals surface area contributed by atoms with Crippen molar-refractivity contribution in [3.8, 4) is 0 Å². The Morgan fingerprint density at radius 3 is 3.19 bits per heavy atom. The fraction of sp³-hybridized carbons (Fsp3) is 0.333. The van der Waals surface area contributed by atoms with Gasteiger partial charge >= 0.3 is 0 Å². The summed E-state index contributed by atoms with van der Waals surface area (Å²) < 4.78 is 13.1. The van der Waals surface area contributed by atoms with Crippen LogP contribution in [-0.4, -0.2) is 16.1 Å². The largest absolute Gasteiger partial charge is 0.347 e. The third-order valence-corrected chi connectivity index (χ3v) is 4.01. The number of fused-ring (bicyclic) bond motifs is 1. The zero-order chi connectivity index (χ0) is 14.8. The Kier molecular flexibility index (Phi) is 3.92. The molecule has 2 aromatic rings. The molecule has 0 saturated heterocycles. The molecule has 3 rings (SSSR count). The Hall–Kier alpha value is -1.88. The summed E-state index contributed by atoms with van der Waals surface area (Å²) in [5.74, 6) is -0.583. The molecule has 1 aliphatic carbocycles. The summed E-state index contributed by atoms with van der Waals surface area (Å²) in [6.07, 6.45) is 4.91. The van der Waals surface area contributed by atoms with Crippen LogP contribution in [0.2, 0.25) is 5.02 Å². The number of aromatic nitrogens is 2. The first-order chi connectivity index (χ1) is 10.1. The average Bonchev–Trinajstić information content (AvgIpc) is 2.92. The number of hydrogen-bond acceptors (Lipinski definition) is 2. The predicted octanol–water partition coefficient (Wildman–Crippen LogP) is 2.94. The standard InChI is InChI=1S/C15H15ClFN3O/c16-11-6-9(4-5-12(11)17)7-14(21)19-13-3-1-2-10-8-18-20-15(10)13/h4-6,8,13H,1-3,7H2,(H,18,20)(H,19,21). The monoisotopic (exact) mass is 307 g/mol. The molecule has 21 heavy (non-hydrogen) atoms. The fourth-order valence-corrected chi connectivity index (χ4v) is 2.89. The predicted molar refractivity (Wildman–Crippen MR) is 77.5 cm³/mol.